The first-order valence-electron chi connectivity index (χ1n) is 11.9. The lowest BCUT2D eigenvalue weighted by Crippen LogP contribution is -2.30. The molecule has 1 aromatic heterocycles. The zero-order chi connectivity index (χ0) is 27.5. The highest BCUT2D eigenvalue weighted by Crippen LogP contribution is 2.36. The fourth-order valence-electron chi connectivity index (χ4n) is 3.63. The van der Waals surface area contributed by atoms with Crippen molar-refractivity contribution in [3.05, 3.63) is 59.3 Å². The Morgan fingerprint density at radius 3 is 2.38 bits per heavy atom. The number of nitrogens with zero attached hydrogens (tertiary/aromatic N) is 2. The Morgan fingerprint density at radius 2 is 1.78 bits per heavy atom. The van der Waals surface area contributed by atoms with Crippen LogP contribution in [0.15, 0.2) is 47.4 Å². The Hall–Kier alpha value is -3.70. The van der Waals surface area contributed by atoms with Crippen LogP contribution in [0.1, 0.15) is 56.2 Å². The second kappa shape index (κ2) is 11.1. The van der Waals surface area contributed by atoms with Gasteiger partial charge in [0.15, 0.2) is 5.69 Å². The van der Waals surface area contributed by atoms with Gasteiger partial charge in [-0.15, -0.1) is 0 Å². The van der Waals surface area contributed by atoms with E-state index in [0.717, 1.165) is 5.56 Å². The summed E-state index contributed by atoms with van der Waals surface area (Å²) in [5.41, 5.74) is 1.80. The molecule has 0 aliphatic rings. The number of benzene rings is 2. The summed E-state index contributed by atoms with van der Waals surface area (Å²) < 4.78 is 36.6. The van der Waals surface area contributed by atoms with Gasteiger partial charge in [-0.2, -0.15) is 9.78 Å². The lowest BCUT2D eigenvalue weighted by Gasteiger charge is -2.18. The fourth-order valence-corrected chi connectivity index (χ4v) is 5.03. The van der Waals surface area contributed by atoms with Crippen LogP contribution in [0.3, 0.4) is 0 Å². The zero-order valence-corrected chi connectivity index (χ0v) is 22.5. The van der Waals surface area contributed by atoms with Crippen molar-refractivity contribution in [3.63, 3.8) is 0 Å². The molecule has 0 saturated heterocycles. The van der Waals surface area contributed by atoms with E-state index in [9.17, 15) is 23.1 Å². The Morgan fingerprint density at radius 1 is 1.11 bits per heavy atom. The topological polar surface area (TPSA) is 140 Å². The van der Waals surface area contributed by atoms with Gasteiger partial charge in [0.05, 0.1) is 5.69 Å². The van der Waals surface area contributed by atoms with Gasteiger partial charge in [0.25, 0.3) is 0 Å². The summed E-state index contributed by atoms with van der Waals surface area (Å²) in [4.78, 5) is 23.9. The fraction of sp³-hybridized carbons (Fsp3) is 0.346. The average Bonchev–Trinajstić information content (AvgIpc) is 3.15. The number of hydrogen-bond acceptors (Lipinski definition) is 6. The molecule has 0 aliphatic carbocycles. The molecule has 3 N–H and O–H groups in total. The zero-order valence-electron chi connectivity index (χ0n) is 21.7. The van der Waals surface area contributed by atoms with E-state index in [0.29, 0.717) is 12.1 Å². The van der Waals surface area contributed by atoms with Crippen molar-refractivity contribution in [2.45, 2.75) is 58.9 Å². The van der Waals surface area contributed by atoms with Crippen LogP contribution in [-0.2, 0) is 21.2 Å². The number of ether oxygens (including phenoxy) is 1. The highest BCUT2D eigenvalue weighted by atomic mass is 32.2. The number of carboxylic acids is 1. The molecule has 198 valence electrons. The summed E-state index contributed by atoms with van der Waals surface area (Å²) in [6, 6.07) is 11.2. The number of nitrogens with one attached hydrogen (secondary N) is 2. The van der Waals surface area contributed by atoms with Gasteiger partial charge in [0, 0.05) is 23.2 Å². The predicted molar refractivity (Wildman–Crippen MR) is 140 cm³/mol. The third kappa shape index (κ3) is 6.17. The number of sulfonamides is 1. The SMILES string of the molecule is CCc1ccccc1-n1nc(C(=O)O)c(C)c1Oc1ccc(NC(=O)C(C)C)cc1S(=O)(=O)NC(C)C. The summed E-state index contributed by atoms with van der Waals surface area (Å²) in [6.07, 6.45) is 0.652. The number of carbonyl (C=O) groups excluding carboxylic acids is 1. The molecule has 3 rings (SSSR count). The number of aryl methyl sites for hydroxylation is 1. The second-order valence-electron chi connectivity index (χ2n) is 9.16. The Kier molecular flexibility index (Phi) is 8.39. The lowest BCUT2D eigenvalue weighted by molar-refractivity contribution is -0.118. The molecule has 10 nitrogen and oxygen atoms in total. The molecule has 0 bridgehead atoms. The standard InChI is InChI=1S/C26H32N4O6S/c1-7-18-10-8-9-11-20(18)30-25(17(6)23(28-30)26(32)33)36-21-13-12-19(27-24(31)15(2)3)14-22(21)37(34,35)29-16(4)5/h8-16,29H,7H2,1-6H3,(H,27,31)(H,32,33). The van der Waals surface area contributed by atoms with Gasteiger partial charge in [0.1, 0.15) is 10.6 Å². The number of anilines is 1. The van der Waals surface area contributed by atoms with E-state index in [4.69, 9.17) is 4.74 Å². The largest absolute Gasteiger partial charge is 0.476 e. The van der Waals surface area contributed by atoms with E-state index < -0.39 is 22.0 Å². The van der Waals surface area contributed by atoms with Crippen molar-refractivity contribution >= 4 is 27.6 Å². The smallest absolute Gasteiger partial charge is 0.356 e. The van der Waals surface area contributed by atoms with Gasteiger partial charge in [0.2, 0.25) is 21.8 Å². The molecule has 11 heteroatoms. The summed E-state index contributed by atoms with van der Waals surface area (Å²) in [6.45, 7) is 10.3. The third-order valence-corrected chi connectivity index (χ3v) is 7.17. The minimum Gasteiger partial charge on any atom is -0.476 e. The minimum absolute atomic E-state index is 0.0501. The molecule has 0 atom stereocenters. The first kappa shape index (κ1) is 27.9. The number of aromatic carboxylic acids is 1. The molecule has 0 saturated carbocycles. The van der Waals surface area contributed by atoms with Crippen molar-refractivity contribution in [2.24, 2.45) is 5.92 Å². The number of para-hydroxylation sites is 1. The van der Waals surface area contributed by atoms with Crippen molar-refractivity contribution in [1.82, 2.24) is 14.5 Å². The minimum atomic E-state index is -4.07. The van der Waals surface area contributed by atoms with Crippen molar-refractivity contribution in [2.75, 3.05) is 5.32 Å². The van der Waals surface area contributed by atoms with Gasteiger partial charge < -0.3 is 15.2 Å². The van der Waals surface area contributed by atoms with Crippen LogP contribution in [0.2, 0.25) is 0 Å². The molecule has 0 fully saturated rings. The molecular weight excluding hydrogens is 496 g/mol. The van der Waals surface area contributed by atoms with Crippen molar-refractivity contribution < 1.29 is 27.9 Å². The normalized spacial score (nSPS) is 11.7. The van der Waals surface area contributed by atoms with Gasteiger partial charge >= 0.3 is 5.97 Å². The van der Waals surface area contributed by atoms with Gasteiger partial charge in [-0.1, -0.05) is 39.0 Å². The Labute approximate surface area is 216 Å². The highest BCUT2D eigenvalue weighted by Gasteiger charge is 2.27. The average molecular weight is 529 g/mol. The number of aromatic nitrogens is 2. The van der Waals surface area contributed by atoms with Crippen molar-refractivity contribution in [3.8, 4) is 17.3 Å². The maximum absolute atomic E-state index is 13.3. The quantitative estimate of drug-likeness (QED) is 0.352. The molecule has 0 radical (unpaired) electrons. The number of carboxylic acid groups (broad SMARTS) is 1. The number of hydrogen-bond donors (Lipinski definition) is 3. The van der Waals surface area contributed by atoms with Crippen molar-refractivity contribution in [1.29, 1.82) is 0 Å². The van der Waals surface area contributed by atoms with Crippen LogP contribution < -0.4 is 14.8 Å². The molecule has 1 heterocycles. The van der Waals surface area contributed by atoms with Crippen LogP contribution in [0.4, 0.5) is 5.69 Å². The molecule has 1 amide bonds. The van der Waals surface area contributed by atoms with Crippen LogP contribution >= 0.6 is 0 Å². The Balaban J connectivity index is 2.21. The lowest BCUT2D eigenvalue weighted by atomic mass is 10.1. The number of amides is 1. The predicted octanol–water partition coefficient (Wildman–Crippen LogP) is 4.51. The highest BCUT2D eigenvalue weighted by molar-refractivity contribution is 7.89. The molecule has 2 aromatic carbocycles. The van der Waals surface area contributed by atoms with E-state index in [-0.39, 0.29) is 45.3 Å². The van der Waals surface area contributed by atoms with Crippen LogP contribution in [0, 0.1) is 12.8 Å². The van der Waals surface area contributed by atoms with Gasteiger partial charge in [-0.3, -0.25) is 4.79 Å². The van der Waals surface area contributed by atoms with Gasteiger partial charge in [-0.05, 0) is 57.0 Å². The first-order chi connectivity index (χ1) is 17.4. The molecule has 0 unspecified atom stereocenters. The van der Waals surface area contributed by atoms with Crippen LogP contribution in [-0.4, -0.2) is 41.2 Å². The monoisotopic (exact) mass is 528 g/mol. The summed E-state index contributed by atoms with van der Waals surface area (Å²) in [5.74, 6) is -1.81. The van der Waals surface area contributed by atoms with E-state index in [1.807, 2.05) is 19.1 Å². The molecule has 3 aromatic rings. The molecular formula is C26H32N4O6S. The van der Waals surface area contributed by atoms with E-state index in [2.05, 4.69) is 15.1 Å². The molecule has 0 aliphatic heterocycles. The summed E-state index contributed by atoms with van der Waals surface area (Å²) >= 11 is 0. The van der Waals surface area contributed by atoms with E-state index in [1.54, 1.807) is 46.8 Å². The number of carbonyl (C=O) groups is 2. The van der Waals surface area contributed by atoms with Gasteiger partial charge in [-0.25, -0.2) is 17.9 Å². The molecule has 37 heavy (non-hydrogen) atoms. The first-order valence-corrected chi connectivity index (χ1v) is 13.4. The summed E-state index contributed by atoms with van der Waals surface area (Å²) in [7, 11) is -4.07. The van der Waals surface area contributed by atoms with E-state index in [1.165, 1.54) is 22.9 Å². The maximum Gasteiger partial charge on any atom is 0.356 e. The van der Waals surface area contributed by atoms with Crippen LogP contribution in [0.5, 0.6) is 11.6 Å². The van der Waals surface area contributed by atoms with E-state index >= 15 is 0 Å². The number of rotatable bonds is 10. The maximum atomic E-state index is 13.3. The molecule has 0 spiro atoms. The third-order valence-electron chi connectivity index (χ3n) is 5.49. The second-order valence-corrected chi connectivity index (χ2v) is 10.8. The Bertz CT molecular complexity index is 1430. The van der Waals surface area contributed by atoms with Crippen LogP contribution in [0.25, 0.3) is 5.69 Å². The summed E-state index contributed by atoms with van der Waals surface area (Å²) in [5, 5.41) is 16.7.